The lowest BCUT2D eigenvalue weighted by Gasteiger charge is -2.11. The summed E-state index contributed by atoms with van der Waals surface area (Å²) in [6, 6.07) is 5.25. The van der Waals surface area contributed by atoms with Gasteiger partial charge in [0.05, 0.1) is 4.91 Å². The maximum Gasteiger partial charge on any atom is 0.266 e. The van der Waals surface area contributed by atoms with Gasteiger partial charge < -0.3 is 0 Å². The number of likely N-dealkylation sites (N-methyl/N-ethyl adjacent to an activating group) is 1. The van der Waals surface area contributed by atoms with Crippen LogP contribution in [-0.2, 0) is 4.79 Å². The first-order valence-corrected chi connectivity index (χ1v) is 9.19. The second-order valence-corrected chi connectivity index (χ2v) is 7.20. The molecule has 0 atom stereocenters. The SMILES string of the molecule is CCN1C(=O)/C(=C/c2c(Cl)cccc2Cl)S/C1=N/c1nccs1. The van der Waals surface area contributed by atoms with Gasteiger partial charge in [0, 0.05) is 33.7 Å². The van der Waals surface area contributed by atoms with Crippen molar-refractivity contribution < 1.29 is 4.79 Å². The van der Waals surface area contributed by atoms with Crippen LogP contribution in [0.1, 0.15) is 12.5 Å². The molecule has 1 saturated heterocycles. The van der Waals surface area contributed by atoms with E-state index in [1.807, 2.05) is 12.3 Å². The number of halogens is 2. The molecule has 3 rings (SSSR count). The summed E-state index contributed by atoms with van der Waals surface area (Å²) in [4.78, 5) is 23.3. The predicted molar refractivity (Wildman–Crippen MR) is 98.6 cm³/mol. The van der Waals surface area contributed by atoms with Crippen LogP contribution in [0.15, 0.2) is 39.7 Å². The fourth-order valence-corrected chi connectivity index (χ4v) is 4.10. The number of amidine groups is 1. The van der Waals surface area contributed by atoms with E-state index in [-0.39, 0.29) is 5.91 Å². The van der Waals surface area contributed by atoms with Gasteiger partial charge in [0.15, 0.2) is 5.17 Å². The molecular weight excluding hydrogens is 373 g/mol. The maximum atomic E-state index is 12.6. The summed E-state index contributed by atoms with van der Waals surface area (Å²) < 4.78 is 0. The third kappa shape index (κ3) is 3.45. The van der Waals surface area contributed by atoms with E-state index >= 15 is 0 Å². The van der Waals surface area contributed by atoms with Crippen molar-refractivity contribution in [2.75, 3.05) is 6.54 Å². The molecule has 1 aliphatic rings. The molecule has 8 heteroatoms. The van der Waals surface area contributed by atoms with Crippen LogP contribution in [0.2, 0.25) is 10.0 Å². The molecule has 0 aliphatic carbocycles. The molecule has 1 aromatic heterocycles. The zero-order chi connectivity index (χ0) is 16.4. The highest BCUT2D eigenvalue weighted by Crippen LogP contribution is 2.36. The van der Waals surface area contributed by atoms with Crippen LogP contribution in [0.4, 0.5) is 5.13 Å². The lowest BCUT2D eigenvalue weighted by atomic mass is 10.2. The third-order valence-corrected chi connectivity index (χ3v) is 5.42. The molecule has 118 valence electrons. The average Bonchev–Trinajstić information content (AvgIpc) is 3.12. The van der Waals surface area contributed by atoms with E-state index in [0.29, 0.717) is 37.4 Å². The molecule has 2 aromatic rings. The Balaban J connectivity index is 1.99. The summed E-state index contributed by atoms with van der Waals surface area (Å²) in [7, 11) is 0. The van der Waals surface area contributed by atoms with E-state index < -0.39 is 0 Å². The molecule has 0 N–H and O–H groups in total. The van der Waals surface area contributed by atoms with Crippen LogP contribution in [-0.4, -0.2) is 27.5 Å². The molecule has 23 heavy (non-hydrogen) atoms. The number of thioether (sulfide) groups is 1. The van der Waals surface area contributed by atoms with Gasteiger partial charge in [0.25, 0.3) is 5.91 Å². The first-order valence-electron chi connectivity index (χ1n) is 6.73. The number of hydrogen-bond acceptors (Lipinski definition) is 5. The lowest BCUT2D eigenvalue weighted by Crippen LogP contribution is -2.28. The number of aromatic nitrogens is 1. The highest BCUT2D eigenvalue weighted by molar-refractivity contribution is 8.18. The molecule has 1 aliphatic heterocycles. The van der Waals surface area contributed by atoms with Gasteiger partial charge in [-0.2, -0.15) is 4.99 Å². The number of nitrogens with zero attached hydrogens (tertiary/aromatic N) is 3. The smallest absolute Gasteiger partial charge is 0.266 e. The normalized spacial score (nSPS) is 18.4. The van der Waals surface area contributed by atoms with Crippen LogP contribution in [0.5, 0.6) is 0 Å². The second-order valence-electron chi connectivity index (χ2n) is 4.50. The van der Waals surface area contributed by atoms with Gasteiger partial charge in [-0.3, -0.25) is 9.69 Å². The van der Waals surface area contributed by atoms with Gasteiger partial charge in [0.2, 0.25) is 5.13 Å². The summed E-state index contributed by atoms with van der Waals surface area (Å²) in [5.41, 5.74) is 0.637. The molecule has 0 radical (unpaired) electrons. The number of thiazole rings is 1. The molecule has 1 amide bonds. The highest BCUT2D eigenvalue weighted by Gasteiger charge is 2.32. The number of hydrogen-bond donors (Lipinski definition) is 0. The Bertz CT molecular complexity index is 783. The zero-order valence-corrected chi connectivity index (χ0v) is 15.1. The van der Waals surface area contributed by atoms with Crippen LogP contribution < -0.4 is 0 Å². The zero-order valence-electron chi connectivity index (χ0n) is 12.0. The van der Waals surface area contributed by atoms with E-state index in [1.54, 1.807) is 35.4 Å². The molecule has 0 bridgehead atoms. The van der Waals surface area contributed by atoms with Crippen LogP contribution in [0.3, 0.4) is 0 Å². The molecule has 0 spiro atoms. The van der Waals surface area contributed by atoms with Crippen molar-refractivity contribution >= 4 is 68.6 Å². The monoisotopic (exact) mass is 383 g/mol. The van der Waals surface area contributed by atoms with Gasteiger partial charge in [-0.25, -0.2) is 4.98 Å². The number of carbonyl (C=O) groups is 1. The van der Waals surface area contributed by atoms with Crippen molar-refractivity contribution in [2.45, 2.75) is 6.92 Å². The molecular formula is C15H11Cl2N3OS2. The molecule has 1 fully saturated rings. The van der Waals surface area contributed by atoms with E-state index in [4.69, 9.17) is 23.2 Å². The number of benzene rings is 1. The van der Waals surface area contributed by atoms with E-state index in [2.05, 4.69) is 9.98 Å². The van der Waals surface area contributed by atoms with Crippen LogP contribution in [0, 0.1) is 0 Å². The predicted octanol–water partition coefficient (Wildman–Crippen LogP) is 5.07. The summed E-state index contributed by atoms with van der Waals surface area (Å²) in [5.74, 6) is -0.108. The summed E-state index contributed by atoms with van der Waals surface area (Å²) in [6.45, 7) is 2.44. The Morgan fingerprint density at radius 1 is 1.35 bits per heavy atom. The molecule has 4 nitrogen and oxygen atoms in total. The van der Waals surface area contributed by atoms with Crippen molar-refractivity contribution in [1.29, 1.82) is 0 Å². The van der Waals surface area contributed by atoms with Gasteiger partial charge in [-0.05, 0) is 36.9 Å². The lowest BCUT2D eigenvalue weighted by molar-refractivity contribution is -0.122. The summed E-state index contributed by atoms with van der Waals surface area (Å²) >= 11 is 15.1. The minimum absolute atomic E-state index is 0.108. The Labute approximate surface area is 151 Å². The highest BCUT2D eigenvalue weighted by atomic mass is 35.5. The van der Waals surface area contributed by atoms with Gasteiger partial charge >= 0.3 is 0 Å². The summed E-state index contributed by atoms with van der Waals surface area (Å²) in [5, 5.41) is 4.09. The molecule has 0 saturated carbocycles. The fraction of sp³-hybridized carbons (Fsp3) is 0.133. The Kier molecular flexibility index (Phi) is 5.06. The molecule has 2 heterocycles. The van der Waals surface area contributed by atoms with E-state index in [0.717, 1.165) is 0 Å². The second kappa shape index (κ2) is 7.05. The average molecular weight is 384 g/mol. The largest absolute Gasteiger partial charge is 0.287 e. The number of aliphatic imine (C=N–C) groups is 1. The van der Waals surface area contributed by atoms with Crippen LogP contribution in [0.25, 0.3) is 6.08 Å². The van der Waals surface area contributed by atoms with Crippen molar-refractivity contribution in [2.24, 2.45) is 4.99 Å². The summed E-state index contributed by atoms with van der Waals surface area (Å²) in [6.07, 6.45) is 3.40. The standard InChI is InChI=1S/C15H11Cl2N3OS2/c1-2-20-13(21)12(8-9-10(16)4-3-5-11(9)17)23-15(20)19-14-18-6-7-22-14/h3-8H,2H2,1H3/b12-8-,19-15+. The topological polar surface area (TPSA) is 45.6 Å². The minimum Gasteiger partial charge on any atom is -0.287 e. The Morgan fingerprint density at radius 2 is 2.09 bits per heavy atom. The van der Waals surface area contributed by atoms with Gasteiger partial charge in [-0.1, -0.05) is 29.3 Å². The quantitative estimate of drug-likeness (QED) is 0.694. The third-order valence-electron chi connectivity index (χ3n) is 3.09. The number of amides is 1. The van der Waals surface area contributed by atoms with E-state index in [1.165, 1.54) is 23.1 Å². The van der Waals surface area contributed by atoms with Crippen molar-refractivity contribution in [3.8, 4) is 0 Å². The van der Waals surface area contributed by atoms with Gasteiger partial charge in [-0.15, -0.1) is 11.3 Å². The number of rotatable bonds is 3. The first kappa shape index (κ1) is 16.5. The van der Waals surface area contributed by atoms with Crippen molar-refractivity contribution in [3.63, 3.8) is 0 Å². The van der Waals surface area contributed by atoms with Crippen molar-refractivity contribution in [3.05, 3.63) is 50.3 Å². The number of carbonyl (C=O) groups excluding carboxylic acids is 1. The minimum atomic E-state index is -0.108. The Morgan fingerprint density at radius 3 is 2.70 bits per heavy atom. The fourth-order valence-electron chi connectivity index (χ4n) is 2.00. The molecule has 0 unspecified atom stereocenters. The first-order chi connectivity index (χ1) is 11.1. The van der Waals surface area contributed by atoms with E-state index in [9.17, 15) is 4.79 Å². The molecule has 1 aromatic carbocycles. The van der Waals surface area contributed by atoms with Crippen LogP contribution >= 0.6 is 46.3 Å². The maximum absolute atomic E-state index is 12.6. The van der Waals surface area contributed by atoms with Gasteiger partial charge in [0.1, 0.15) is 0 Å². The van der Waals surface area contributed by atoms with Crippen molar-refractivity contribution in [1.82, 2.24) is 9.88 Å². The Hall–Kier alpha value is -1.34.